The van der Waals surface area contributed by atoms with Crippen molar-refractivity contribution in [1.82, 2.24) is 14.9 Å². The average Bonchev–Trinajstić information content (AvgIpc) is 2.31. The minimum absolute atomic E-state index is 0.351. The quantitative estimate of drug-likeness (QED) is 0.844. The van der Waals surface area contributed by atoms with Gasteiger partial charge in [-0.3, -0.25) is 0 Å². The smallest absolute Gasteiger partial charge is 0.218 e. The van der Waals surface area contributed by atoms with Crippen molar-refractivity contribution < 1.29 is 4.74 Å². The van der Waals surface area contributed by atoms with E-state index in [-0.39, 0.29) is 0 Å². The van der Waals surface area contributed by atoms with E-state index < -0.39 is 0 Å². The maximum atomic E-state index is 5.51. The number of rotatable bonds is 6. The van der Waals surface area contributed by atoms with E-state index in [1.165, 1.54) is 6.33 Å². The van der Waals surface area contributed by atoms with Crippen LogP contribution in [-0.4, -0.2) is 48.2 Å². The number of nitrogens with one attached hydrogen (secondary N) is 1. The first kappa shape index (κ1) is 16.6. The molecule has 1 rings (SSSR count). The summed E-state index contributed by atoms with van der Waals surface area (Å²) in [5, 5.41) is 3.20. The van der Waals surface area contributed by atoms with Gasteiger partial charge in [0.1, 0.15) is 18.8 Å². The summed E-state index contributed by atoms with van der Waals surface area (Å²) in [5.74, 6) is 1.41. The van der Waals surface area contributed by atoms with Gasteiger partial charge in [-0.05, 0) is 27.9 Å². The Kier molecular flexibility index (Phi) is 8.92. The van der Waals surface area contributed by atoms with Crippen LogP contribution in [0.5, 0.6) is 5.88 Å². The molecule has 104 valence electrons. The van der Waals surface area contributed by atoms with Gasteiger partial charge in [-0.15, -0.1) is 0 Å². The lowest BCUT2D eigenvalue weighted by Crippen LogP contribution is -2.19. The van der Waals surface area contributed by atoms with Crippen LogP contribution in [0, 0.1) is 0 Å². The zero-order valence-corrected chi connectivity index (χ0v) is 12.4. The molecule has 0 saturated carbocycles. The van der Waals surface area contributed by atoms with Gasteiger partial charge in [-0.1, -0.05) is 13.8 Å². The Morgan fingerprint density at radius 1 is 1.28 bits per heavy atom. The van der Waals surface area contributed by atoms with Crippen molar-refractivity contribution in [3.63, 3.8) is 0 Å². The summed E-state index contributed by atoms with van der Waals surface area (Å²) >= 11 is 0. The Bertz CT molecular complexity index is 316. The van der Waals surface area contributed by atoms with E-state index in [2.05, 4.69) is 34.0 Å². The first-order valence-electron chi connectivity index (χ1n) is 6.44. The van der Waals surface area contributed by atoms with Crippen LogP contribution >= 0.6 is 0 Å². The molecule has 1 heterocycles. The molecule has 0 atom stereocenters. The van der Waals surface area contributed by atoms with Gasteiger partial charge < -0.3 is 15.0 Å². The molecule has 1 aromatic rings. The number of hydrogen-bond acceptors (Lipinski definition) is 5. The first-order chi connectivity index (χ1) is 8.58. The third-order valence-electron chi connectivity index (χ3n) is 1.87. The summed E-state index contributed by atoms with van der Waals surface area (Å²) in [7, 11) is 4.02. The molecule has 0 amide bonds. The van der Waals surface area contributed by atoms with E-state index in [9.17, 15) is 0 Å². The summed E-state index contributed by atoms with van der Waals surface area (Å²) in [6, 6.07) is 2.17. The molecule has 5 heteroatoms. The molecule has 0 unspecified atom stereocenters. The van der Waals surface area contributed by atoms with Crippen molar-refractivity contribution in [2.24, 2.45) is 0 Å². The SMILES string of the molecule is CC.CC(C)Nc1cc(OCCN(C)C)ncn1. The number of aromatic nitrogens is 2. The van der Waals surface area contributed by atoms with Gasteiger partial charge in [-0.25, -0.2) is 9.97 Å². The van der Waals surface area contributed by atoms with E-state index in [0.717, 1.165) is 12.4 Å². The van der Waals surface area contributed by atoms with Crippen LogP contribution in [0.3, 0.4) is 0 Å². The zero-order valence-electron chi connectivity index (χ0n) is 12.4. The van der Waals surface area contributed by atoms with Gasteiger partial charge in [0.25, 0.3) is 0 Å². The Morgan fingerprint density at radius 2 is 1.94 bits per heavy atom. The predicted octanol–water partition coefficient (Wildman–Crippen LogP) is 2.26. The molecule has 0 aliphatic carbocycles. The minimum Gasteiger partial charge on any atom is -0.476 e. The van der Waals surface area contributed by atoms with Gasteiger partial charge in [0.05, 0.1) is 0 Å². The van der Waals surface area contributed by atoms with Crippen LogP contribution < -0.4 is 10.1 Å². The van der Waals surface area contributed by atoms with Gasteiger partial charge in [0, 0.05) is 18.7 Å². The Morgan fingerprint density at radius 3 is 2.50 bits per heavy atom. The van der Waals surface area contributed by atoms with Crippen LogP contribution in [0.1, 0.15) is 27.7 Å². The maximum Gasteiger partial charge on any atom is 0.218 e. The molecular weight excluding hydrogens is 228 g/mol. The predicted molar refractivity (Wildman–Crippen MR) is 76.2 cm³/mol. The largest absolute Gasteiger partial charge is 0.476 e. The molecule has 0 saturated heterocycles. The van der Waals surface area contributed by atoms with Crippen molar-refractivity contribution in [2.75, 3.05) is 32.6 Å². The highest BCUT2D eigenvalue weighted by Gasteiger charge is 2.01. The van der Waals surface area contributed by atoms with Crippen LogP contribution in [0.2, 0.25) is 0 Å². The molecule has 5 nitrogen and oxygen atoms in total. The van der Waals surface area contributed by atoms with Crippen LogP contribution in [0.4, 0.5) is 5.82 Å². The fourth-order valence-corrected chi connectivity index (χ4v) is 1.13. The molecule has 1 aromatic heterocycles. The number of ether oxygens (including phenoxy) is 1. The summed E-state index contributed by atoms with van der Waals surface area (Å²) in [4.78, 5) is 10.2. The van der Waals surface area contributed by atoms with Crippen molar-refractivity contribution in [2.45, 2.75) is 33.7 Å². The monoisotopic (exact) mass is 254 g/mol. The lowest BCUT2D eigenvalue weighted by molar-refractivity contribution is 0.253. The van der Waals surface area contributed by atoms with E-state index in [1.54, 1.807) is 0 Å². The second-order valence-corrected chi connectivity index (χ2v) is 4.19. The summed E-state index contributed by atoms with van der Waals surface area (Å²) in [6.45, 7) is 9.63. The van der Waals surface area contributed by atoms with Crippen LogP contribution in [0.25, 0.3) is 0 Å². The molecule has 18 heavy (non-hydrogen) atoms. The first-order valence-corrected chi connectivity index (χ1v) is 6.44. The Balaban J connectivity index is 0.00000137. The lowest BCUT2D eigenvalue weighted by Gasteiger charge is -2.12. The van der Waals surface area contributed by atoms with E-state index >= 15 is 0 Å². The summed E-state index contributed by atoms with van der Waals surface area (Å²) in [5.41, 5.74) is 0. The highest BCUT2D eigenvalue weighted by molar-refractivity contribution is 5.37. The minimum atomic E-state index is 0.351. The lowest BCUT2D eigenvalue weighted by atomic mass is 10.4. The van der Waals surface area contributed by atoms with Crippen LogP contribution in [-0.2, 0) is 0 Å². The average molecular weight is 254 g/mol. The standard InChI is InChI=1S/C11H20N4O.C2H6/c1-9(2)14-10-7-11(13-8-12-10)16-6-5-15(3)4;1-2/h7-9H,5-6H2,1-4H3,(H,12,13,14);1-2H3. The van der Waals surface area contributed by atoms with Crippen LogP contribution in [0.15, 0.2) is 12.4 Å². The van der Waals surface area contributed by atoms with Gasteiger partial charge >= 0.3 is 0 Å². The molecule has 0 spiro atoms. The highest BCUT2D eigenvalue weighted by Crippen LogP contribution is 2.11. The van der Waals surface area contributed by atoms with E-state index in [0.29, 0.717) is 18.5 Å². The third kappa shape index (κ3) is 7.84. The summed E-state index contributed by atoms with van der Waals surface area (Å²) in [6.07, 6.45) is 1.51. The molecule has 0 fully saturated rings. The molecule has 0 bridgehead atoms. The number of nitrogens with zero attached hydrogens (tertiary/aromatic N) is 3. The zero-order chi connectivity index (χ0) is 14.0. The Hall–Kier alpha value is -1.36. The Labute approximate surface area is 111 Å². The van der Waals surface area contributed by atoms with Crippen molar-refractivity contribution in [3.05, 3.63) is 12.4 Å². The van der Waals surface area contributed by atoms with Crippen molar-refractivity contribution >= 4 is 5.82 Å². The molecule has 1 N–H and O–H groups in total. The van der Waals surface area contributed by atoms with Gasteiger partial charge in [-0.2, -0.15) is 0 Å². The molecular formula is C13H26N4O. The molecule has 0 aliphatic rings. The molecule has 0 radical (unpaired) electrons. The molecule has 0 aromatic carbocycles. The number of anilines is 1. The second-order valence-electron chi connectivity index (χ2n) is 4.19. The van der Waals surface area contributed by atoms with E-state index in [1.807, 2.05) is 34.0 Å². The van der Waals surface area contributed by atoms with Gasteiger partial charge in [0.15, 0.2) is 0 Å². The fourth-order valence-electron chi connectivity index (χ4n) is 1.13. The van der Waals surface area contributed by atoms with Crippen molar-refractivity contribution in [1.29, 1.82) is 0 Å². The molecule has 0 aliphatic heterocycles. The topological polar surface area (TPSA) is 50.3 Å². The second kappa shape index (κ2) is 9.65. The third-order valence-corrected chi connectivity index (χ3v) is 1.87. The number of hydrogen-bond donors (Lipinski definition) is 1. The maximum absolute atomic E-state index is 5.51. The normalized spacial score (nSPS) is 10.0. The summed E-state index contributed by atoms with van der Waals surface area (Å²) < 4.78 is 5.51. The fraction of sp³-hybridized carbons (Fsp3) is 0.692. The number of likely N-dealkylation sites (N-methyl/N-ethyl adjacent to an activating group) is 1. The van der Waals surface area contributed by atoms with E-state index in [4.69, 9.17) is 4.74 Å². The highest BCUT2D eigenvalue weighted by atomic mass is 16.5. The van der Waals surface area contributed by atoms with Gasteiger partial charge in [0.2, 0.25) is 5.88 Å². The van der Waals surface area contributed by atoms with Crippen molar-refractivity contribution in [3.8, 4) is 5.88 Å².